The van der Waals surface area contributed by atoms with E-state index in [1.165, 1.54) is 6.26 Å². The molecule has 0 unspecified atom stereocenters. The van der Waals surface area contributed by atoms with Gasteiger partial charge in [0.05, 0.1) is 4.90 Å². The zero-order valence-electron chi connectivity index (χ0n) is 12.4. The van der Waals surface area contributed by atoms with Crippen molar-refractivity contribution in [3.63, 3.8) is 0 Å². The number of nitrogens with one attached hydrogen (secondary N) is 1. The quantitative estimate of drug-likeness (QED) is 0.852. The number of rotatable bonds is 6. The molecule has 0 spiro atoms. The lowest BCUT2D eigenvalue weighted by Gasteiger charge is -2.24. The summed E-state index contributed by atoms with van der Waals surface area (Å²) in [6.45, 7) is 2.66. The summed E-state index contributed by atoms with van der Waals surface area (Å²) >= 11 is 0. The van der Waals surface area contributed by atoms with Gasteiger partial charge in [-0.3, -0.25) is 9.69 Å². The molecule has 1 rings (SSSR count). The highest BCUT2D eigenvalue weighted by Gasteiger charge is 2.13. The van der Waals surface area contributed by atoms with Crippen LogP contribution >= 0.6 is 0 Å². The molecule has 0 fully saturated rings. The Morgan fingerprint density at radius 3 is 2.30 bits per heavy atom. The molecule has 0 aromatic heterocycles. The van der Waals surface area contributed by atoms with Crippen molar-refractivity contribution in [1.29, 1.82) is 0 Å². The maximum absolute atomic E-state index is 11.4. The molecule has 0 bridgehead atoms. The fourth-order valence-corrected chi connectivity index (χ4v) is 2.44. The first kappa shape index (κ1) is 16.7. The molecule has 1 amide bonds. The van der Waals surface area contributed by atoms with Gasteiger partial charge in [-0.2, -0.15) is 0 Å². The predicted octanol–water partition coefficient (Wildman–Crippen LogP) is 1.05. The molecule has 5 nitrogen and oxygen atoms in total. The standard InChI is InChI=1S/C14H22N2O3S/c1-11(9-14(17)15-2)16(3)10-12-5-7-13(8-6-12)20(4,18)19/h5-8,11H,9-10H2,1-4H3,(H,15,17)/t11-/m1/s1. The minimum absolute atomic E-state index is 0.0109. The van der Waals surface area contributed by atoms with Crippen LogP contribution in [0.2, 0.25) is 0 Å². The Kier molecular flexibility index (Phi) is 5.71. The van der Waals surface area contributed by atoms with Crippen LogP contribution in [0.1, 0.15) is 18.9 Å². The Bertz CT molecular complexity index is 552. The molecule has 6 heteroatoms. The zero-order valence-corrected chi connectivity index (χ0v) is 13.2. The molecular formula is C14H22N2O3S. The molecule has 1 aromatic carbocycles. The van der Waals surface area contributed by atoms with Crippen molar-refractivity contribution in [3.8, 4) is 0 Å². The lowest BCUT2D eigenvalue weighted by atomic mass is 10.1. The van der Waals surface area contributed by atoms with Gasteiger partial charge < -0.3 is 5.32 Å². The Hall–Kier alpha value is -1.40. The molecule has 0 saturated carbocycles. The lowest BCUT2D eigenvalue weighted by molar-refractivity contribution is -0.121. The average Bonchev–Trinajstić information content (AvgIpc) is 2.38. The Balaban J connectivity index is 2.67. The summed E-state index contributed by atoms with van der Waals surface area (Å²) in [4.78, 5) is 13.7. The number of carbonyl (C=O) groups is 1. The number of carbonyl (C=O) groups excluding carboxylic acids is 1. The van der Waals surface area contributed by atoms with E-state index in [1.54, 1.807) is 31.3 Å². The molecule has 0 radical (unpaired) electrons. The van der Waals surface area contributed by atoms with Crippen LogP contribution in [-0.4, -0.2) is 45.6 Å². The van der Waals surface area contributed by atoms with Gasteiger partial charge in [-0.05, 0) is 31.7 Å². The number of amides is 1. The molecule has 1 atom stereocenters. The van der Waals surface area contributed by atoms with Gasteiger partial charge in [0.1, 0.15) is 0 Å². The van der Waals surface area contributed by atoms with Crippen molar-refractivity contribution in [3.05, 3.63) is 29.8 Å². The SMILES string of the molecule is CNC(=O)C[C@@H](C)N(C)Cc1ccc(S(C)(=O)=O)cc1. The molecular weight excluding hydrogens is 276 g/mol. The third kappa shape index (κ3) is 4.94. The Morgan fingerprint density at radius 1 is 1.30 bits per heavy atom. The van der Waals surface area contributed by atoms with E-state index in [-0.39, 0.29) is 11.9 Å². The molecule has 0 aliphatic carbocycles. The van der Waals surface area contributed by atoms with Crippen molar-refractivity contribution in [2.45, 2.75) is 30.8 Å². The third-order valence-corrected chi connectivity index (χ3v) is 4.42. The highest BCUT2D eigenvalue weighted by molar-refractivity contribution is 7.90. The summed E-state index contributed by atoms with van der Waals surface area (Å²) in [6.07, 6.45) is 1.63. The van der Waals surface area contributed by atoms with Crippen LogP contribution in [-0.2, 0) is 21.2 Å². The van der Waals surface area contributed by atoms with E-state index in [0.29, 0.717) is 17.9 Å². The van der Waals surface area contributed by atoms with Gasteiger partial charge in [0, 0.05) is 32.3 Å². The molecule has 0 aliphatic heterocycles. The monoisotopic (exact) mass is 298 g/mol. The van der Waals surface area contributed by atoms with Crippen LogP contribution in [0, 0.1) is 0 Å². The van der Waals surface area contributed by atoms with E-state index in [0.717, 1.165) is 5.56 Å². The number of benzene rings is 1. The van der Waals surface area contributed by atoms with Gasteiger partial charge >= 0.3 is 0 Å². The Labute approximate surface area is 120 Å². The predicted molar refractivity (Wildman–Crippen MR) is 79.2 cm³/mol. The van der Waals surface area contributed by atoms with Crippen LogP contribution < -0.4 is 5.32 Å². The van der Waals surface area contributed by atoms with Gasteiger partial charge in [-0.15, -0.1) is 0 Å². The summed E-state index contributed by atoms with van der Waals surface area (Å²) < 4.78 is 22.7. The first-order valence-corrected chi connectivity index (χ1v) is 8.33. The van der Waals surface area contributed by atoms with Crippen LogP contribution in [0.4, 0.5) is 0 Å². The van der Waals surface area contributed by atoms with E-state index in [2.05, 4.69) is 10.2 Å². The van der Waals surface area contributed by atoms with Gasteiger partial charge in [0.15, 0.2) is 9.84 Å². The lowest BCUT2D eigenvalue weighted by Crippen LogP contribution is -2.33. The summed E-state index contributed by atoms with van der Waals surface area (Å²) in [5.74, 6) is 0.0109. The minimum atomic E-state index is -3.15. The van der Waals surface area contributed by atoms with Crippen LogP contribution in [0.3, 0.4) is 0 Å². The largest absolute Gasteiger partial charge is 0.359 e. The topological polar surface area (TPSA) is 66.5 Å². The van der Waals surface area contributed by atoms with E-state index < -0.39 is 9.84 Å². The van der Waals surface area contributed by atoms with Gasteiger partial charge in [0.2, 0.25) is 5.91 Å². The van der Waals surface area contributed by atoms with Crippen molar-refractivity contribution < 1.29 is 13.2 Å². The molecule has 0 heterocycles. The second-order valence-corrected chi connectivity index (χ2v) is 7.07. The van der Waals surface area contributed by atoms with Gasteiger partial charge in [0.25, 0.3) is 0 Å². The second-order valence-electron chi connectivity index (χ2n) is 5.06. The first-order chi connectivity index (χ1) is 9.24. The fourth-order valence-electron chi connectivity index (χ4n) is 1.81. The zero-order chi connectivity index (χ0) is 15.3. The molecule has 112 valence electrons. The average molecular weight is 298 g/mol. The van der Waals surface area contributed by atoms with Crippen molar-refractivity contribution in [1.82, 2.24) is 10.2 Å². The van der Waals surface area contributed by atoms with Gasteiger partial charge in [-0.1, -0.05) is 12.1 Å². The normalized spacial score (nSPS) is 13.2. The number of nitrogens with zero attached hydrogens (tertiary/aromatic N) is 1. The van der Waals surface area contributed by atoms with Gasteiger partial charge in [-0.25, -0.2) is 8.42 Å². The van der Waals surface area contributed by atoms with Crippen molar-refractivity contribution >= 4 is 15.7 Å². The highest BCUT2D eigenvalue weighted by atomic mass is 32.2. The van der Waals surface area contributed by atoms with E-state index in [9.17, 15) is 13.2 Å². The maximum atomic E-state index is 11.4. The second kappa shape index (κ2) is 6.85. The van der Waals surface area contributed by atoms with Crippen molar-refractivity contribution in [2.75, 3.05) is 20.4 Å². The maximum Gasteiger partial charge on any atom is 0.221 e. The number of sulfone groups is 1. The molecule has 20 heavy (non-hydrogen) atoms. The van der Waals surface area contributed by atoms with Crippen LogP contribution in [0.25, 0.3) is 0 Å². The van der Waals surface area contributed by atoms with E-state index in [4.69, 9.17) is 0 Å². The summed E-state index contributed by atoms with van der Waals surface area (Å²) in [6, 6.07) is 6.95. The third-order valence-electron chi connectivity index (χ3n) is 3.30. The molecule has 0 saturated heterocycles. The smallest absolute Gasteiger partial charge is 0.221 e. The molecule has 1 aromatic rings. The minimum Gasteiger partial charge on any atom is -0.359 e. The van der Waals surface area contributed by atoms with E-state index >= 15 is 0 Å². The number of hydrogen-bond donors (Lipinski definition) is 1. The number of hydrogen-bond acceptors (Lipinski definition) is 4. The van der Waals surface area contributed by atoms with Crippen LogP contribution in [0.15, 0.2) is 29.2 Å². The van der Waals surface area contributed by atoms with Crippen molar-refractivity contribution in [2.24, 2.45) is 0 Å². The summed E-state index contributed by atoms with van der Waals surface area (Å²) in [7, 11) is 0.416. The van der Waals surface area contributed by atoms with E-state index in [1.807, 2.05) is 14.0 Å². The highest BCUT2D eigenvalue weighted by Crippen LogP contribution is 2.13. The molecule has 0 aliphatic rings. The first-order valence-electron chi connectivity index (χ1n) is 6.44. The summed E-state index contributed by atoms with van der Waals surface area (Å²) in [5, 5.41) is 2.61. The summed E-state index contributed by atoms with van der Waals surface area (Å²) in [5.41, 5.74) is 1.02. The van der Waals surface area contributed by atoms with Crippen LogP contribution in [0.5, 0.6) is 0 Å². The Morgan fingerprint density at radius 2 is 1.85 bits per heavy atom. The fraction of sp³-hybridized carbons (Fsp3) is 0.500. The molecule has 1 N–H and O–H groups in total.